The summed E-state index contributed by atoms with van der Waals surface area (Å²) >= 11 is 0. The van der Waals surface area contributed by atoms with Crippen LogP contribution in [-0.4, -0.2) is 47.4 Å². The number of hydrogen-bond donors (Lipinski definition) is 0. The minimum Gasteiger partial charge on any atom is -0.373 e. The molecule has 2 aliphatic rings. The third kappa shape index (κ3) is 2.35. The fourth-order valence-corrected chi connectivity index (χ4v) is 3.08. The van der Waals surface area contributed by atoms with Crippen LogP contribution in [0, 0.1) is 0 Å². The van der Waals surface area contributed by atoms with Gasteiger partial charge in [-0.2, -0.15) is 0 Å². The lowest BCUT2D eigenvalue weighted by Gasteiger charge is -2.44. The summed E-state index contributed by atoms with van der Waals surface area (Å²) < 4.78 is 5.78. The van der Waals surface area contributed by atoms with Crippen LogP contribution in [0.4, 0.5) is 0 Å². The fraction of sp³-hybridized carbons (Fsp3) is 1.00. The van der Waals surface area contributed by atoms with E-state index in [-0.39, 0.29) is 0 Å². The van der Waals surface area contributed by atoms with Gasteiger partial charge in [-0.3, -0.25) is 0 Å². The minimum atomic E-state index is 0.369. The molecule has 0 aromatic carbocycles. The van der Waals surface area contributed by atoms with Gasteiger partial charge in [-0.1, -0.05) is 0 Å². The van der Waals surface area contributed by atoms with E-state index in [0.29, 0.717) is 24.3 Å². The topological polar surface area (TPSA) is 15.7 Å². The third-order valence-corrected chi connectivity index (χ3v) is 3.63. The van der Waals surface area contributed by atoms with E-state index in [0.717, 1.165) is 13.1 Å². The Kier molecular flexibility index (Phi) is 3.33. The summed E-state index contributed by atoms with van der Waals surface area (Å²) in [4.78, 5) is 0. The molecule has 0 N–H and O–H groups in total. The number of morpholine rings is 1. The highest BCUT2D eigenvalue weighted by Gasteiger charge is 2.35. The second-order valence-electron chi connectivity index (χ2n) is 5.28. The van der Waals surface area contributed by atoms with Gasteiger partial charge >= 0.3 is 0 Å². The van der Waals surface area contributed by atoms with Crippen LogP contribution in [0.3, 0.4) is 0 Å². The zero-order valence-corrected chi connectivity index (χ0v) is 10.4. The van der Waals surface area contributed by atoms with E-state index in [4.69, 9.17) is 4.74 Å². The Hall–Kier alpha value is -0.120. The van der Waals surface area contributed by atoms with E-state index in [1.54, 1.807) is 0 Å². The molecule has 2 heterocycles. The van der Waals surface area contributed by atoms with Crippen LogP contribution in [0.2, 0.25) is 0 Å². The smallest absolute Gasteiger partial charge is 0.0692 e. The number of hydrazine groups is 1. The Morgan fingerprint density at radius 1 is 0.867 bits per heavy atom. The van der Waals surface area contributed by atoms with Crippen LogP contribution < -0.4 is 0 Å². The van der Waals surface area contributed by atoms with Gasteiger partial charge < -0.3 is 4.74 Å². The van der Waals surface area contributed by atoms with Crippen molar-refractivity contribution in [3.63, 3.8) is 0 Å². The summed E-state index contributed by atoms with van der Waals surface area (Å²) in [5.41, 5.74) is 0. The second kappa shape index (κ2) is 4.40. The largest absolute Gasteiger partial charge is 0.373 e. The lowest BCUT2D eigenvalue weighted by molar-refractivity contribution is -0.160. The molecule has 0 aromatic heterocycles. The molecule has 4 atom stereocenters. The van der Waals surface area contributed by atoms with Crippen LogP contribution in [-0.2, 0) is 4.74 Å². The summed E-state index contributed by atoms with van der Waals surface area (Å²) in [6.07, 6.45) is 3.41. The molecule has 0 amide bonds. The summed E-state index contributed by atoms with van der Waals surface area (Å²) in [5.74, 6) is 0. The van der Waals surface area contributed by atoms with Gasteiger partial charge in [0.1, 0.15) is 0 Å². The monoisotopic (exact) mass is 212 g/mol. The van der Waals surface area contributed by atoms with Crippen LogP contribution in [0.15, 0.2) is 0 Å². The van der Waals surface area contributed by atoms with E-state index in [2.05, 4.69) is 37.7 Å². The van der Waals surface area contributed by atoms with Crippen molar-refractivity contribution < 1.29 is 4.74 Å². The Balaban J connectivity index is 2.02. The molecule has 0 saturated carbocycles. The van der Waals surface area contributed by atoms with Crippen molar-refractivity contribution in [1.29, 1.82) is 0 Å². The van der Waals surface area contributed by atoms with E-state index >= 15 is 0 Å². The molecule has 88 valence electrons. The normalized spacial score (nSPS) is 44.8. The maximum atomic E-state index is 5.78. The highest BCUT2D eigenvalue weighted by atomic mass is 16.5. The first-order chi connectivity index (χ1) is 7.08. The SMILES string of the molecule is C[C@@H]1CN(N2[C@H](C)CC[C@@H]2C)C[C@H](C)O1. The van der Waals surface area contributed by atoms with Crippen LogP contribution >= 0.6 is 0 Å². The summed E-state index contributed by atoms with van der Waals surface area (Å²) in [7, 11) is 0. The van der Waals surface area contributed by atoms with Crippen molar-refractivity contribution in [2.75, 3.05) is 13.1 Å². The van der Waals surface area contributed by atoms with Gasteiger partial charge in [0.2, 0.25) is 0 Å². The second-order valence-corrected chi connectivity index (χ2v) is 5.28. The molecule has 2 fully saturated rings. The predicted octanol–water partition coefficient (Wildman–Crippen LogP) is 1.88. The molecule has 2 aliphatic heterocycles. The molecule has 0 aromatic rings. The Morgan fingerprint density at radius 3 is 1.80 bits per heavy atom. The molecule has 0 radical (unpaired) electrons. The van der Waals surface area contributed by atoms with Crippen molar-refractivity contribution in [2.24, 2.45) is 0 Å². The molecule has 2 rings (SSSR count). The van der Waals surface area contributed by atoms with Crippen LogP contribution in [0.25, 0.3) is 0 Å². The average molecular weight is 212 g/mol. The van der Waals surface area contributed by atoms with Gasteiger partial charge in [-0.05, 0) is 40.5 Å². The standard InChI is InChI=1S/C12H24N2O/c1-9-5-6-10(2)14(9)13-7-11(3)15-12(4)8-13/h9-12H,5-8H2,1-4H3/t9-,10+,11-,12+. The van der Waals surface area contributed by atoms with Crippen molar-refractivity contribution in [3.8, 4) is 0 Å². The van der Waals surface area contributed by atoms with Crippen molar-refractivity contribution in [1.82, 2.24) is 10.0 Å². The Labute approximate surface area is 93.3 Å². The van der Waals surface area contributed by atoms with Crippen molar-refractivity contribution in [2.45, 2.75) is 64.8 Å². The van der Waals surface area contributed by atoms with Crippen molar-refractivity contribution in [3.05, 3.63) is 0 Å². The predicted molar refractivity (Wildman–Crippen MR) is 61.6 cm³/mol. The molecule has 3 nitrogen and oxygen atoms in total. The minimum absolute atomic E-state index is 0.369. The molecule has 2 saturated heterocycles. The lowest BCUT2D eigenvalue weighted by atomic mass is 10.2. The molecular weight excluding hydrogens is 188 g/mol. The number of nitrogens with zero attached hydrogens (tertiary/aromatic N) is 2. The third-order valence-electron chi connectivity index (χ3n) is 3.63. The molecular formula is C12H24N2O. The van der Waals surface area contributed by atoms with Gasteiger partial charge in [0.15, 0.2) is 0 Å². The Morgan fingerprint density at radius 2 is 1.33 bits per heavy atom. The molecule has 0 spiro atoms. The molecule has 0 aliphatic carbocycles. The first-order valence-corrected chi connectivity index (χ1v) is 6.26. The highest BCUT2D eigenvalue weighted by Crippen LogP contribution is 2.27. The van der Waals surface area contributed by atoms with Crippen LogP contribution in [0.5, 0.6) is 0 Å². The van der Waals surface area contributed by atoms with Crippen LogP contribution in [0.1, 0.15) is 40.5 Å². The maximum absolute atomic E-state index is 5.78. The van der Waals surface area contributed by atoms with Gasteiger partial charge in [-0.25, -0.2) is 10.0 Å². The van der Waals surface area contributed by atoms with Crippen molar-refractivity contribution >= 4 is 0 Å². The summed E-state index contributed by atoms with van der Waals surface area (Å²) in [5, 5.41) is 5.09. The first kappa shape index (κ1) is 11.4. The quantitative estimate of drug-likeness (QED) is 0.660. The lowest BCUT2D eigenvalue weighted by Crippen LogP contribution is -2.56. The zero-order chi connectivity index (χ0) is 11.0. The first-order valence-electron chi connectivity index (χ1n) is 6.26. The zero-order valence-electron chi connectivity index (χ0n) is 10.4. The molecule has 3 heteroatoms. The van der Waals surface area contributed by atoms with Gasteiger partial charge in [0.05, 0.1) is 12.2 Å². The highest BCUT2D eigenvalue weighted by molar-refractivity contribution is 4.83. The molecule has 0 unspecified atom stereocenters. The van der Waals surface area contributed by atoms with E-state index < -0.39 is 0 Å². The van der Waals surface area contributed by atoms with E-state index in [1.807, 2.05) is 0 Å². The Bertz CT molecular complexity index is 202. The van der Waals surface area contributed by atoms with Gasteiger partial charge in [0, 0.05) is 25.2 Å². The number of rotatable bonds is 1. The van der Waals surface area contributed by atoms with E-state index in [1.165, 1.54) is 12.8 Å². The number of ether oxygens (including phenoxy) is 1. The maximum Gasteiger partial charge on any atom is 0.0692 e. The van der Waals surface area contributed by atoms with Gasteiger partial charge in [-0.15, -0.1) is 0 Å². The molecule has 15 heavy (non-hydrogen) atoms. The summed E-state index contributed by atoms with van der Waals surface area (Å²) in [6, 6.07) is 1.41. The van der Waals surface area contributed by atoms with E-state index in [9.17, 15) is 0 Å². The number of hydrogen-bond acceptors (Lipinski definition) is 3. The fourth-order valence-electron chi connectivity index (χ4n) is 3.08. The van der Waals surface area contributed by atoms with Gasteiger partial charge in [0.25, 0.3) is 0 Å². The average Bonchev–Trinajstić information content (AvgIpc) is 2.44. The summed E-state index contributed by atoms with van der Waals surface area (Å²) in [6.45, 7) is 11.1. The molecule has 0 bridgehead atoms.